The highest BCUT2D eigenvalue weighted by Crippen LogP contribution is 2.24. The van der Waals surface area contributed by atoms with Gasteiger partial charge in [0, 0.05) is 27.7 Å². The third-order valence-corrected chi connectivity index (χ3v) is 4.99. The van der Waals surface area contributed by atoms with Crippen molar-refractivity contribution in [2.24, 2.45) is 0 Å². The molecule has 0 fully saturated rings. The summed E-state index contributed by atoms with van der Waals surface area (Å²) in [7, 11) is 0. The summed E-state index contributed by atoms with van der Waals surface area (Å²) in [4.78, 5) is 37.4. The number of carbonyl (C=O) groups is 2. The number of benzene rings is 2. The van der Waals surface area contributed by atoms with E-state index in [0.29, 0.717) is 27.6 Å². The third-order valence-electron chi connectivity index (χ3n) is 4.73. The lowest BCUT2D eigenvalue weighted by atomic mass is 10.1. The number of aromatic nitrogens is 2. The van der Waals surface area contributed by atoms with Gasteiger partial charge in [0.1, 0.15) is 5.58 Å². The molecule has 4 aromatic rings. The van der Waals surface area contributed by atoms with Gasteiger partial charge < -0.3 is 4.42 Å². The molecule has 2 aromatic carbocycles. The topological polar surface area (TPSA) is 106 Å². The molecule has 8 nitrogen and oxygen atoms in total. The fraction of sp³-hybridized carbons (Fsp3) is 0.0909. The quantitative estimate of drug-likeness (QED) is 0.479. The van der Waals surface area contributed by atoms with E-state index in [2.05, 4.69) is 16.0 Å². The number of fused-ring (bicyclic) bond motifs is 1. The van der Waals surface area contributed by atoms with Gasteiger partial charge in [0.15, 0.2) is 11.5 Å². The number of hydrogen-bond acceptors (Lipinski definition) is 5. The predicted molar refractivity (Wildman–Crippen MR) is 115 cm³/mol. The Labute approximate surface area is 181 Å². The number of hydrazine groups is 1. The maximum atomic E-state index is 12.6. The van der Waals surface area contributed by atoms with Crippen LogP contribution in [0, 0.1) is 13.8 Å². The van der Waals surface area contributed by atoms with Crippen LogP contribution in [0.2, 0.25) is 5.02 Å². The van der Waals surface area contributed by atoms with Crippen LogP contribution >= 0.6 is 11.6 Å². The average molecular weight is 437 g/mol. The van der Waals surface area contributed by atoms with Crippen molar-refractivity contribution < 1.29 is 14.0 Å². The van der Waals surface area contributed by atoms with Crippen molar-refractivity contribution in [3.63, 3.8) is 0 Å². The van der Waals surface area contributed by atoms with E-state index < -0.39 is 17.2 Å². The van der Waals surface area contributed by atoms with Crippen molar-refractivity contribution in [3.8, 4) is 5.69 Å². The lowest BCUT2D eigenvalue weighted by Crippen LogP contribution is -2.44. The van der Waals surface area contributed by atoms with Gasteiger partial charge in [-0.15, -0.1) is 0 Å². The maximum Gasteiger partial charge on any atom is 0.305 e. The minimum absolute atomic E-state index is 0.0666. The molecule has 2 aromatic heterocycles. The number of halogens is 1. The van der Waals surface area contributed by atoms with Crippen LogP contribution in [0.4, 0.5) is 0 Å². The maximum absolute atomic E-state index is 12.6. The molecule has 2 heterocycles. The fourth-order valence-corrected chi connectivity index (χ4v) is 3.29. The normalized spacial score (nSPS) is 10.8. The summed E-state index contributed by atoms with van der Waals surface area (Å²) in [6.07, 6.45) is 0. The van der Waals surface area contributed by atoms with Crippen molar-refractivity contribution >= 4 is 34.4 Å². The van der Waals surface area contributed by atoms with Crippen LogP contribution in [0.1, 0.15) is 32.3 Å². The number of aryl methyl sites for hydroxylation is 2. The zero-order valence-electron chi connectivity index (χ0n) is 16.6. The van der Waals surface area contributed by atoms with Crippen LogP contribution in [0.25, 0.3) is 16.7 Å². The highest BCUT2D eigenvalue weighted by Gasteiger charge is 2.20. The number of para-hydroxylation sites is 1. The molecule has 2 N–H and O–H groups in total. The van der Waals surface area contributed by atoms with Crippen molar-refractivity contribution in [3.05, 3.63) is 92.6 Å². The van der Waals surface area contributed by atoms with E-state index in [4.69, 9.17) is 16.0 Å². The number of hydrogen-bond donors (Lipinski definition) is 2. The van der Waals surface area contributed by atoms with Crippen LogP contribution in [0.5, 0.6) is 0 Å². The first-order valence-corrected chi connectivity index (χ1v) is 9.68. The lowest BCUT2D eigenvalue weighted by Gasteiger charge is -2.11. The first-order chi connectivity index (χ1) is 14.8. The van der Waals surface area contributed by atoms with Crippen LogP contribution in [-0.4, -0.2) is 21.6 Å². The van der Waals surface area contributed by atoms with Gasteiger partial charge in [-0.25, -0.2) is 4.68 Å². The molecule has 0 radical (unpaired) electrons. The smallest absolute Gasteiger partial charge is 0.305 e. The molecule has 4 rings (SSSR count). The number of carbonyl (C=O) groups excluding carboxylic acids is 2. The van der Waals surface area contributed by atoms with Crippen molar-refractivity contribution in [2.75, 3.05) is 0 Å². The molecule has 2 amide bonds. The second-order valence-corrected chi connectivity index (χ2v) is 7.28. The Morgan fingerprint density at radius 1 is 1.00 bits per heavy atom. The number of amides is 2. The third kappa shape index (κ3) is 3.93. The summed E-state index contributed by atoms with van der Waals surface area (Å²) in [5.74, 6) is -1.43. The Morgan fingerprint density at radius 3 is 2.39 bits per heavy atom. The van der Waals surface area contributed by atoms with Crippen LogP contribution in [0.3, 0.4) is 0 Å². The molecular formula is C22H17ClN4O4. The first-order valence-electron chi connectivity index (χ1n) is 9.31. The Morgan fingerprint density at radius 2 is 1.68 bits per heavy atom. The van der Waals surface area contributed by atoms with E-state index in [1.54, 1.807) is 50.2 Å². The van der Waals surface area contributed by atoms with Crippen LogP contribution in [0.15, 0.2) is 63.8 Å². The van der Waals surface area contributed by atoms with Gasteiger partial charge in [0.05, 0.1) is 5.69 Å². The lowest BCUT2D eigenvalue weighted by molar-refractivity contribution is 0.0827. The molecule has 0 aliphatic carbocycles. The Kier molecular flexibility index (Phi) is 5.31. The number of furan rings is 1. The van der Waals surface area contributed by atoms with E-state index in [9.17, 15) is 14.4 Å². The molecular weight excluding hydrogens is 420 g/mol. The fourth-order valence-electron chi connectivity index (χ4n) is 3.17. The molecule has 9 heteroatoms. The summed E-state index contributed by atoms with van der Waals surface area (Å²) in [5.41, 5.74) is 5.90. The Hall–Kier alpha value is -3.91. The predicted octanol–water partition coefficient (Wildman–Crippen LogP) is 3.32. The van der Waals surface area contributed by atoms with E-state index in [1.807, 2.05) is 12.1 Å². The van der Waals surface area contributed by atoms with Crippen molar-refractivity contribution in [1.29, 1.82) is 0 Å². The van der Waals surface area contributed by atoms with Crippen molar-refractivity contribution in [1.82, 2.24) is 20.6 Å². The second kappa shape index (κ2) is 8.08. The minimum Gasteiger partial charge on any atom is -0.451 e. The standard InChI is InChI=1S/C22H17ClN4O4/c1-12-11-17(28)19(26-27(12)15-9-7-14(23)8-10-15)21(29)24-25-22(30)20-13(2)16-5-3-4-6-18(16)31-20/h3-11H,1-2H3,(H,24,29)(H,25,30). The minimum atomic E-state index is -0.852. The van der Waals surface area contributed by atoms with Gasteiger partial charge in [-0.3, -0.25) is 25.2 Å². The van der Waals surface area contributed by atoms with E-state index in [1.165, 1.54) is 10.7 Å². The molecule has 0 saturated heterocycles. The van der Waals surface area contributed by atoms with Gasteiger partial charge in [-0.1, -0.05) is 29.8 Å². The molecule has 0 bridgehead atoms. The highest BCUT2D eigenvalue weighted by atomic mass is 35.5. The van der Waals surface area contributed by atoms with E-state index in [-0.39, 0.29) is 11.5 Å². The highest BCUT2D eigenvalue weighted by molar-refractivity contribution is 6.30. The van der Waals surface area contributed by atoms with Gasteiger partial charge in [0.25, 0.3) is 5.91 Å². The molecule has 0 saturated carbocycles. The van der Waals surface area contributed by atoms with Gasteiger partial charge in [-0.2, -0.15) is 5.10 Å². The largest absolute Gasteiger partial charge is 0.451 e. The van der Waals surface area contributed by atoms with Gasteiger partial charge >= 0.3 is 5.91 Å². The van der Waals surface area contributed by atoms with Gasteiger partial charge in [-0.05, 0) is 44.2 Å². The number of rotatable bonds is 3. The van der Waals surface area contributed by atoms with E-state index >= 15 is 0 Å². The molecule has 31 heavy (non-hydrogen) atoms. The average Bonchev–Trinajstić information content (AvgIpc) is 3.09. The van der Waals surface area contributed by atoms with Crippen LogP contribution in [-0.2, 0) is 0 Å². The summed E-state index contributed by atoms with van der Waals surface area (Å²) in [5, 5.41) is 5.49. The second-order valence-electron chi connectivity index (χ2n) is 6.85. The zero-order valence-corrected chi connectivity index (χ0v) is 17.4. The molecule has 0 aliphatic rings. The monoisotopic (exact) mass is 436 g/mol. The van der Waals surface area contributed by atoms with E-state index in [0.717, 1.165) is 5.39 Å². The molecule has 156 valence electrons. The summed E-state index contributed by atoms with van der Waals surface area (Å²) in [6.45, 7) is 3.44. The van der Waals surface area contributed by atoms with Crippen LogP contribution < -0.4 is 16.3 Å². The number of nitrogens with zero attached hydrogens (tertiary/aromatic N) is 2. The zero-order chi connectivity index (χ0) is 22.1. The SMILES string of the molecule is Cc1c(C(=O)NNC(=O)c2nn(-c3ccc(Cl)cc3)c(C)cc2=O)oc2ccccc12. The summed E-state index contributed by atoms with van der Waals surface area (Å²) in [6, 6.07) is 15.3. The number of nitrogens with one attached hydrogen (secondary N) is 2. The first kappa shape index (κ1) is 20.4. The molecule has 0 aliphatic heterocycles. The van der Waals surface area contributed by atoms with Crippen molar-refractivity contribution in [2.45, 2.75) is 13.8 Å². The summed E-state index contributed by atoms with van der Waals surface area (Å²) < 4.78 is 7.01. The Balaban J connectivity index is 1.56. The molecule has 0 spiro atoms. The summed E-state index contributed by atoms with van der Waals surface area (Å²) >= 11 is 5.91. The van der Waals surface area contributed by atoms with Gasteiger partial charge in [0.2, 0.25) is 5.43 Å². The Bertz CT molecular complexity index is 1370. The molecule has 0 unspecified atom stereocenters. The molecule has 0 atom stereocenters.